The molecule has 1 aromatic carbocycles. The highest BCUT2D eigenvalue weighted by Crippen LogP contribution is 2.17. The van der Waals surface area contributed by atoms with Crippen molar-refractivity contribution in [1.82, 2.24) is 0 Å². The third-order valence-corrected chi connectivity index (χ3v) is 1.81. The molecular formula is C10H11ClO. The van der Waals surface area contributed by atoms with Crippen molar-refractivity contribution in [3.8, 4) is 0 Å². The summed E-state index contributed by atoms with van der Waals surface area (Å²) in [7, 11) is 1.63. The molecule has 0 aromatic heterocycles. The third kappa shape index (κ3) is 2.28. The molecule has 1 rings (SSSR count). The predicted molar refractivity (Wildman–Crippen MR) is 52.1 cm³/mol. The van der Waals surface area contributed by atoms with E-state index in [0.29, 0.717) is 0 Å². The van der Waals surface area contributed by atoms with Crippen molar-refractivity contribution in [2.24, 2.45) is 0 Å². The number of allylic oxidation sites excluding steroid dienone is 1. The van der Waals surface area contributed by atoms with Crippen molar-refractivity contribution in [2.45, 2.75) is 6.92 Å². The Morgan fingerprint density at radius 2 is 2.25 bits per heavy atom. The van der Waals surface area contributed by atoms with Gasteiger partial charge in [-0.2, -0.15) is 0 Å². The number of benzene rings is 1. The summed E-state index contributed by atoms with van der Waals surface area (Å²) < 4.78 is 4.89. The molecule has 0 N–H and O–H groups in total. The number of hydrogen-bond acceptors (Lipinski definition) is 1. The molecule has 0 fully saturated rings. The third-order valence-electron chi connectivity index (χ3n) is 1.57. The maximum atomic E-state index is 5.82. The van der Waals surface area contributed by atoms with Crippen LogP contribution in [0.2, 0.25) is 5.02 Å². The van der Waals surface area contributed by atoms with Gasteiger partial charge >= 0.3 is 0 Å². The molecule has 0 aliphatic carbocycles. The second-order valence-corrected chi connectivity index (χ2v) is 2.98. The highest BCUT2D eigenvalue weighted by atomic mass is 35.5. The second kappa shape index (κ2) is 4.17. The normalized spacial score (nSPS) is 11.4. The van der Waals surface area contributed by atoms with Gasteiger partial charge in [0.2, 0.25) is 0 Å². The number of halogens is 1. The summed E-state index contributed by atoms with van der Waals surface area (Å²) in [6.45, 7) is 1.98. The molecule has 0 saturated heterocycles. The van der Waals surface area contributed by atoms with Crippen LogP contribution in [0, 0.1) is 0 Å². The molecule has 64 valence electrons. The highest BCUT2D eigenvalue weighted by molar-refractivity contribution is 6.30. The van der Waals surface area contributed by atoms with E-state index in [1.165, 1.54) is 0 Å². The second-order valence-electron chi connectivity index (χ2n) is 2.55. The van der Waals surface area contributed by atoms with Crippen molar-refractivity contribution < 1.29 is 4.74 Å². The van der Waals surface area contributed by atoms with E-state index in [4.69, 9.17) is 16.3 Å². The highest BCUT2D eigenvalue weighted by Gasteiger charge is 1.95. The minimum Gasteiger partial charge on any atom is -0.504 e. The summed E-state index contributed by atoms with van der Waals surface area (Å²) in [6.07, 6.45) is 1.70. The van der Waals surface area contributed by atoms with Gasteiger partial charge in [0.05, 0.1) is 13.4 Å². The maximum Gasteiger partial charge on any atom is 0.0859 e. The topological polar surface area (TPSA) is 9.23 Å². The van der Waals surface area contributed by atoms with Crippen molar-refractivity contribution in [2.75, 3.05) is 7.11 Å². The van der Waals surface area contributed by atoms with Crippen LogP contribution in [-0.2, 0) is 4.74 Å². The first-order valence-corrected chi connectivity index (χ1v) is 4.07. The largest absolute Gasteiger partial charge is 0.504 e. The molecule has 0 unspecified atom stereocenters. The quantitative estimate of drug-likeness (QED) is 0.638. The average molecular weight is 183 g/mol. The van der Waals surface area contributed by atoms with E-state index in [2.05, 4.69) is 0 Å². The van der Waals surface area contributed by atoms with Gasteiger partial charge in [0.25, 0.3) is 0 Å². The molecule has 2 heteroatoms. The number of hydrogen-bond donors (Lipinski definition) is 0. The lowest BCUT2D eigenvalue weighted by Gasteiger charge is -2.00. The lowest BCUT2D eigenvalue weighted by Crippen LogP contribution is -1.79. The standard InChI is InChI=1S/C10H11ClO/c1-8(7-12-2)9-4-3-5-10(11)6-9/h3-7H,1-2H3/b8-7+. The van der Waals surface area contributed by atoms with Crippen LogP contribution in [0.15, 0.2) is 30.5 Å². The summed E-state index contributed by atoms with van der Waals surface area (Å²) >= 11 is 5.82. The predicted octanol–water partition coefficient (Wildman–Crippen LogP) is 3.35. The SMILES string of the molecule is CO/C=C(\C)c1cccc(Cl)c1. The summed E-state index contributed by atoms with van der Waals surface area (Å²) in [4.78, 5) is 0. The fraction of sp³-hybridized carbons (Fsp3) is 0.200. The zero-order valence-corrected chi connectivity index (χ0v) is 7.93. The van der Waals surface area contributed by atoms with Crippen molar-refractivity contribution in [1.29, 1.82) is 0 Å². The van der Waals surface area contributed by atoms with E-state index in [0.717, 1.165) is 16.2 Å². The zero-order valence-electron chi connectivity index (χ0n) is 7.17. The lowest BCUT2D eigenvalue weighted by atomic mass is 10.1. The number of methoxy groups -OCH3 is 1. The van der Waals surface area contributed by atoms with Crippen LogP contribution in [0.1, 0.15) is 12.5 Å². The fourth-order valence-electron chi connectivity index (χ4n) is 0.979. The Labute approximate surface area is 77.6 Å². The van der Waals surface area contributed by atoms with E-state index in [1.807, 2.05) is 31.2 Å². The van der Waals surface area contributed by atoms with Crippen LogP contribution in [0.5, 0.6) is 0 Å². The van der Waals surface area contributed by atoms with Gasteiger partial charge in [-0.25, -0.2) is 0 Å². The molecule has 0 aliphatic rings. The average Bonchev–Trinajstić information content (AvgIpc) is 2.05. The fourth-order valence-corrected chi connectivity index (χ4v) is 1.17. The first-order chi connectivity index (χ1) is 5.74. The summed E-state index contributed by atoms with van der Waals surface area (Å²) in [5.74, 6) is 0. The molecule has 0 aliphatic heterocycles. The molecule has 0 spiro atoms. The van der Waals surface area contributed by atoms with Gasteiger partial charge in [-0.15, -0.1) is 0 Å². The molecule has 0 atom stereocenters. The van der Waals surface area contributed by atoms with Crippen LogP contribution in [0.3, 0.4) is 0 Å². The van der Waals surface area contributed by atoms with Gasteiger partial charge in [0, 0.05) is 5.02 Å². The van der Waals surface area contributed by atoms with Crippen LogP contribution < -0.4 is 0 Å². The van der Waals surface area contributed by atoms with E-state index >= 15 is 0 Å². The summed E-state index contributed by atoms with van der Waals surface area (Å²) in [5, 5.41) is 0.747. The molecule has 1 nitrogen and oxygen atoms in total. The van der Waals surface area contributed by atoms with Gasteiger partial charge in [-0.3, -0.25) is 0 Å². The molecule has 0 saturated carbocycles. The molecule has 0 heterocycles. The Morgan fingerprint density at radius 3 is 2.83 bits per heavy atom. The smallest absolute Gasteiger partial charge is 0.0859 e. The number of rotatable bonds is 2. The minimum absolute atomic E-state index is 0.747. The van der Waals surface area contributed by atoms with E-state index < -0.39 is 0 Å². The van der Waals surface area contributed by atoms with Gasteiger partial charge in [-0.1, -0.05) is 23.7 Å². The monoisotopic (exact) mass is 182 g/mol. The van der Waals surface area contributed by atoms with Gasteiger partial charge in [0.1, 0.15) is 0 Å². The Balaban J connectivity index is 2.95. The Kier molecular flexibility index (Phi) is 3.18. The first kappa shape index (κ1) is 9.14. The van der Waals surface area contributed by atoms with Crippen molar-refractivity contribution in [3.05, 3.63) is 41.1 Å². The van der Waals surface area contributed by atoms with Gasteiger partial charge in [-0.05, 0) is 30.2 Å². The minimum atomic E-state index is 0.747. The Morgan fingerprint density at radius 1 is 1.50 bits per heavy atom. The van der Waals surface area contributed by atoms with Crippen LogP contribution in [0.4, 0.5) is 0 Å². The summed E-state index contributed by atoms with van der Waals surface area (Å²) in [5.41, 5.74) is 2.16. The van der Waals surface area contributed by atoms with Crippen molar-refractivity contribution >= 4 is 17.2 Å². The molecule has 0 bridgehead atoms. The van der Waals surface area contributed by atoms with Crippen molar-refractivity contribution in [3.63, 3.8) is 0 Å². The van der Waals surface area contributed by atoms with Gasteiger partial charge in [0.15, 0.2) is 0 Å². The van der Waals surface area contributed by atoms with E-state index in [1.54, 1.807) is 13.4 Å². The number of ether oxygens (including phenoxy) is 1. The van der Waals surface area contributed by atoms with Crippen LogP contribution >= 0.6 is 11.6 Å². The lowest BCUT2D eigenvalue weighted by molar-refractivity contribution is 0.339. The van der Waals surface area contributed by atoms with Crippen LogP contribution in [-0.4, -0.2) is 7.11 Å². The molecular weight excluding hydrogens is 172 g/mol. The van der Waals surface area contributed by atoms with Crippen LogP contribution in [0.25, 0.3) is 5.57 Å². The summed E-state index contributed by atoms with van der Waals surface area (Å²) in [6, 6.07) is 7.68. The zero-order chi connectivity index (χ0) is 8.97. The maximum absolute atomic E-state index is 5.82. The molecule has 12 heavy (non-hydrogen) atoms. The van der Waals surface area contributed by atoms with E-state index in [-0.39, 0.29) is 0 Å². The van der Waals surface area contributed by atoms with Gasteiger partial charge < -0.3 is 4.74 Å². The molecule has 0 amide bonds. The Hall–Kier alpha value is -0.950. The molecule has 1 aromatic rings. The van der Waals surface area contributed by atoms with E-state index in [9.17, 15) is 0 Å². The first-order valence-electron chi connectivity index (χ1n) is 3.69. The Bertz CT molecular complexity index is 292. The molecule has 0 radical (unpaired) electrons.